The molecule has 3 aromatic rings. The monoisotopic (exact) mass is 457 g/mol. The van der Waals surface area contributed by atoms with Gasteiger partial charge in [0.25, 0.3) is 11.8 Å². The van der Waals surface area contributed by atoms with Gasteiger partial charge in [-0.05, 0) is 43.3 Å². The molecule has 10 nitrogen and oxygen atoms in total. The SMILES string of the molecule is Cc1cccc(Nc2ccc(N3CCN(C(=O)CN4C(=O)c5ccccc5C4=O)CC3)nn2)n1. The van der Waals surface area contributed by atoms with Gasteiger partial charge in [-0.3, -0.25) is 19.3 Å². The summed E-state index contributed by atoms with van der Waals surface area (Å²) in [6, 6.07) is 16.1. The number of aryl methyl sites for hydroxylation is 1. The lowest BCUT2D eigenvalue weighted by Crippen LogP contribution is -2.52. The topological polar surface area (TPSA) is 112 Å². The molecule has 1 saturated heterocycles. The Hall–Kier alpha value is -4.34. The van der Waals surface area contributed by atoms with E-state index in [1.165, 1.54) is 0 Å². The van der Waals surface area contributed by atoms with Crippen LogP contribution in [0.4, 0.5) is 17.5 Å². The molecule has 3 amide bonds. The van der Waals surface area contributed by atoms with Crippen molar-refractivity contribution in [2.75, 3.05) is 42.9 Å². The minimum Gasteiger partial charge on any atom is -0.352 e. The van der Waals surface area contributed by atoms with Crippen LogP contribution in [-0.4, -0.2) is 75.4 Å². The molecular weight excluding hydrogens is 434 g/mol. The highest BCUT2D eigenvalue weighted by Crippen LogP contribution is 2.23. The van der Waals surface area contributed by atoms with Crippen molar-refractivity contribution in [3.05, 3.63) is 71.4 Å². The summed E-state index contributed by atoms with van der Waals surface area (Å²) in [4.78, 5) is 47.0. The van der Waals surface area contributed by atoms with Crippen molar-refractivity contribution < 1.29 is 14.4 Å². The fraction of sp³-hybridized carbons (Fsp3) is 0.250. The number of amides is 3. The number of anilines is 3. The summed E-state index contributed by atoms with van der Waals surface area (Å²) in [7, 11) is 0. The molecule has 34 heavy (non-hydrogen) atoms. The number of rotatable bonds is 5. The number of aromatic nitrogens is 3. The first kappa shape index (κ1) is 21.5. The molecule has 1 aromatic carbocycles. The first-order valence-electron chi connectivity index (χ1n) is 11.0. The predicted octanol–water partition coefficient (Wildman–Crippen LogP) is 1.87. The van der Waals surface area contributed by atoms with Crippen molar-refractivity contribution in [1.82, 2.24) is 25.0 Å². The zero-order valence-electron chi connectivity index (χ0n) is 18.6. The van der Waals surface area contributed by atoms with Crippen molar-refractivity contribution in [3.8, 4) is 0 Å². The van der Waals surface area contributed by atoms with Crippen molar-refractivity contribution in [3.63, 3.8) is 0 Å². The lowest BCUT2D eigenvalue weighted by atomic mass is 10.1. The van der Waals surface area contributed by atoms with Gasteiger partial charge in [0.15, 0.2) is 11.6 Å². The summed E-state index contributed by atoms with van der Waals surface area (Å²) in [6.07, 6.45) is 0. The molecular formula is C24H23N7O3. The maximum Gasteiger partial charge on any atom is 0.262 e. The summed E-state index contributed by atoms with van der Waals surface area (Å²) in [6.45, 7) is 3.76. The van der Waals surface area contributed by atoms with Gasteiger partial charge < -0.3 is 15.1 Å². The van der Waals surface area contributed by atoms with Gasteiger partial charge in [-0.15, -0.1) is 10.2 Å². The Bertz CT molecular complexity index is 1220. The average Bonchev–Trinajstić information content (AvgIpc) is 3.10. The lowest BCUT2D eigenvalue weighted by Gasteiger charge is -2.35. The Balaban J connectivity index is 1.15. The zero-order chi connectivity index (χ0) is 23.7. The highest BCUT2D eigenvalue weighted by atomic mass is 16.2. The Morgan fingerprint density at radius 2 is 1.56 bits per heavy atom. The molecule has 2 aliphatic rings. The number of imide groups is 1. The summed E-state index contributed by atoms with van der Waals surface area (Å²) in [5, 5.41) is 11.7. The van der Waals surface area contributed by atoms with Gasteiger partial charge in [0.2, 0.25) is 5.91 Å². The van der Waals surface area contributed by atoms with Crippen LogP contribution < -0.4 is 10.2 Å². The van der Waals surface area contributed by atoms with Crippen LogP contribution >= 0.6 is 0 Å². The fourth-order valence-electron chi connectivity index (χ4n) is 4.11. The van der Waals surface area contributed by atoms with Crippen molar-refractivity contribution in [2.24, 2.45) is 0 Å². The molecule has 5 rings (SSSR count). The number of nitrogens with zero attached hydrogens (tertiary/aromatic N) is 6. The second-order valence-corrected chi connectivity index (χ2v) is 8.18. The summed E-state index contributed by atoms with van der Waals surface area (Å²) in [5.41, 5.74) is 1.60. The Morgan fingerprint density at radius 3 is 2.18 bits per heavy atom. The molecule has 0 unspecified atom stereocenters. The van der Waals surface area contributed by atoms with Crippen LogP contribution in [0.2, 0.25) is 0 Å². The van der Waals surface area contributed by atoms with Crippen LogP contribution in [0, 0.1) is 6.92 Å². The number of hydrogen-bond acceptors (Lipinski definition) is 8. The van der Waals surface area contributed by atoms with Gasteiger partial charge in [-0.25, -0.2) is 4.98 Å². The molecule has 2 aromatic heterocycles. The largest absolute Gasteiger partial charge is 0.352 e. The third kappa shape index (κ3) is 4.17. The van der Waals surface area contributed by atoms with E-state index in [-0.39, 0.29) is 12.5 Å². The van der Waals surface area contributed by atoms with E-state index in [0.29, 0.717) is 48.9 Å². The third-order valence-electron chi connectivity index (χ3n) is 5.92. The number of carbonyl (C=O) groups excluding carboxylic acids is 3. The van der Waals surface area contributed by atoms with E-state index in [1.807, 2.05) is 42.2 Å². The normalized spacial score (nSPS) is 15.5. The van der Waals surface area contributed by atoms with Crippen LogP contribution in [0.5, 0.6) is 0 Å². The molecule has 2 aliphatic heterocycles. The zero-order valence-corrected chi connectivity index (χ0v) is 18.6. The number of pyridine rings is 1. The van der Waals surface area contributed by atoms with E-state index in [0.717, 1.165) is 16.4 Å². The highest BCUT2D eigenvalue weighted by molar-refractivity contribution is 6.22. The van der Waals surface area contributed by atoms with Gasteiger partial charge >= 0.3 is 0 Å². The molecule has 172 valence electrons. The maximum atomic E-state index is 12.8. The average molecular weight is 457 g/mol. The molecule has 4 heterocycles. The first-order chi connectivity index (χ1) is 16.5. The summed E-state index contributed by atoms with van der Waals surface area (Å²) in [5.74, 6) is 0.930. The molecule has 0 spiro atoms. The fourth-order valence-corrected chi connectivity index (χ4v) is 4.11. The standard InChI is InChI=1S/C24H23N7O3/c1-16-5-4-8-19(25-16)26-20-9-10-21(28-27-20)29-11-13-30(14-12-29)22(32)15-31-23(33)17-6-2-3-7-18(17)24(31)34/h2-10H,11-15H2,1H3,(H,25,26,27). The number of piperazine rings is 1. The van der Waals surface area contributed by atoms with Gasteiger partial charge in [0, 0.05) is 31.9 Å². The van der Waals surface area contributed by atoms with E-state index >= 15 is 0 Å². The van der Waals surface area contributed by atoms with Crippen LogP contribution in [0.15, 0.2) is 54.6 Å². The van der Waals surface area contributed by atoms with Crippen molar-refractivity contribution in [2.45, 2.75) is 6.92 Å². The third-order valence-corrected chi connectivity index (χ3v) is 5.92. The van der Waals surface area contributed by atoms with Crippen LogP contribution in [0.1, 0.15) is 26.4 Å². The predicted molar refractivity (Wildman–Crippen MR) is 125 cm³/mol. The van der Waals surface area contributed by atoms with E-state index in [2.05, 4.69) is 20.5 Å². The molecule has 10 heteroatoms. The van der Waals surface area contributed by atoms with Crippen LogP contribution in [0.3, 0.4) is 0 Å². The van der Waals surface area contributed by atoms with Crippen molar-refractivity contribution >= 4 is 35.2 Å². The van der Waals surface area contributed by atoms with Crippen LogP contribution in [-0.2, 0) is 4.79 Å². The highest BCUT2D eigenvalue weighted by Gasteiger charge is 2.37. The van der Waals surface area contributed by atoms with E-state index in [1.54, 1.807) is 29.2 Å². The Labute approximate surface area is 196 Å². The van der Waals surface area contributed by atoms with Gasteiger partial charge in [0.05, 0.1) is 11.1 Å². The van der Waals surface area contributed by atoms with E-state index < -0.39 is 11.8 Å². The minimum atomic E-state index is -0.419. The second kappa shape index (κ2) is 8.89. The first-order valence-corrected chi connectivity index (χ1v) is 11.0. The van der Waals surface area contributed by atoms with Gasteiger partial charge in [-0.2, -0.15) is 0 Å². The molecule has 0 aliphatic carbocycles. The number of nitrogens with one attached hydrogen (secondary N) is 1. The van der Waals surface area contributed by atoms with Crippen LogP contribution in [0.25, 0.3) is 0 Å². The summed E-state index contributed by atoms with van der Waals surface area (Å²) >= 11 is 0. The van der Waals surface area contributed by atoms with E-state index in [9.17, 15) is 14.4 Å². The molecule has 0 saturated carbocycles. The quantitative estimate of drug-likeness (QED) is 0.578. The Morgan fingerprint density at radius 1 is 0.853 bits per heavy atom. The minimum absolute atomic E-state index is 0.245. The van der Waals surface area contributed by atoms with E-state index in [4.69, 9.17) is 0 Å². The molecule has 1 N–H and O–H groups in total. The molecule has 0 radical (unpaired) electrons. The smallest absolute Gasteiger partial charge is 0.262 e. The van der Waals surface area contributed by atoms with Gasteiger partial charge in [-0.1, -0.05) is 18.2 Å². The molecule has 0 atom stereocenters. The summed E-state index contributed by atoms with van der Waals surface area (Å²) < 4.78 is 0. The maximum absolute atomic E-state index is 12.8. The lowest BCUT2D eigenvalue weighted by molar-refractivity contribution is -0.131. The number of hydrogen-bond donors (Lipinski definition) is 1. The van der Waals surface area contributed by atoms with Gasteiger partial charge in [0.1, 0.15) is 12.4 Å². The number of benzene rings is 1. The van der Waals surface area contributed by atoms with Crippen molar-refractivity contribution in [1.29, 1.82) is 0 Å². The number of fused-ring (bicyclic) bond motifs is 1. The molecule has 0 bridgehead atoms. The molecule has 1 fully saturated rings. The Kier molecular flexibility index (Phi) is 5.62. The number of carbonyl (C=O) groups is 3. The second-order valence-electron chi connectivity index (χ2n) is 8.18.